The van der Waals surface area contributed by atoms with Crippen molar-refractivity contribution in [3.05, 3.63) is 90.5 Å². The Kier molecular flexibility index (Phi) is 9.68. The maximum absolute atomic E-state index is 13.8. The molecule has 37 heavy (non-hydrogen) atoms. The van der Waals surface area contributed by atoms with Gasteiger partial charge in [0.1, 0.15) is 18.3 Å². The number of nitrogens with zero attached hydrogens (tertiary/aromatic N) is 2. The number of ether oxygens (including phenoxy) is 1. The highest BCUT2D eigenvalue weighted by Gasteiger charge is 2.33. The van der Waals surface area contributed by atoms with Crippen LogP contribution in [-0.2, 0) is 26.2 Å². The molecular formula is C28H33N3O5S. The monoisotopic (exact) mass is 523 g/mol. The first-order valence-electron chi connectivity index (χ1n) is 12.1. The lowest BCUT2D eigenvalue weighted by Crippen LogP contribution is -2.52. The van der Waals surface area contributed by atoms with Gasteiger partial charge in [0.05, 0.1) is 17.7 Å². The molecular weight excluding hydrogens is 490 g/mol. The zero-order valence-electron chi connectivity index (χ0n) is 21.3. The molecule has 1 atom stereocenters. The molecule has 0 spiro atoms. The van der Waals surface area contributed by atoms with Crippen molar-refractivity contribution in [3.63, 3.8) is 0 Å². The summed E-state index contributed by atoms with van der Waals surface area (Å²) in [7, 11) is -2.62. The lowest BCUT2D eigenvalue weighted by molar-refractivity contribution is -0.140. The molecule has 0 radical (unpaired) electrons. The average molecular weight is 524 g/mol. The Labute approximate surface area is 218 Å². The zero-order chi connectivity index (χ0) is 26.8. The van der Waals surface area contributed by atoms with Crippen molar-refractivity contribution in [2.75, 3.05) is 24.5 Å². The lowest BCUT2D eigenvalue weighted by atomic mass is 10.1. The van der Waals surface area contributed by atoms with E-state index in [4.69, 9.17) is 4.74 Å². The smallest absolute Gasteiger partial charge is 0.264 e. The highest BCUT2D eigenvalue weighted by atomic mass is 32.2. The van der Waals surface area contributed by atoms with Gasteiger partial charge in [-0.25, -0.2) is 8.42 Å². The summed E-state index contributed by atoms with van der Waals surface area (Å²) in [6.07, 6.45) is 0.376. The number of hydrogen-bond donors (Lipinski definition) is 1. The van der Waals surface area contributed by atoms with E-state index in [-0.39, 0.29) is 17.3 Å². The summed E-state index contributed by atoms with van der Waals surface area (Å²) in [6, 6.07) is 23.0. The van der Waals surface area contributed by atoms with Crippen LogP contribution in [0.3, 0.4) is 0 Å². The number of carbonyl (C=O) groups excluding carboxylic acids is 2. The summed E-state index contributed by atoms with van der Waals surface area (Å²) in [5.74, 6) is -0.246. The summed E-state index contributed by atoms with van der Waals surface area (Å²) in [5, 5.41) is 2.79. The number of rotatable bonds is 12. The van der Waals surface area contributed by atoms with Crippen molar-refractivity contribution in [3.8, 4) is 5.75 Å². The molecule has 0 aliphatic rings. The van der Waals surface area contributed by atoms with Gasteiger partial charge in [-0.1, -0.05) is 55.5 Å². The third kappa shape index (κ3) is 6.89. The van der Waals surface area contributed by atoms with E-state index in [1.54, 1.807) is 42.5 Å². The molecule has 0 fully saturated rings. The number of benzene rings is 3. The largest absolute Gasteiger partial charge is 0.497 e. The van der Waals surface area contributed by atoms with E-state index in [2.05, 4.69) is 5.32 Å². The lowest BCUT2D eigenvalue weighted by Gasteiger charge is -2.33. The van der Waals surface area contributed by atoms with Crippen LogP contribution in [0.1, 0.15) is 25.8 Å². The fraction of sp³-hybridized carbons (Fsp3) is 0.286. The Bertz CT molecular complexity index is 1270. The van der Waals surface area contributed by atoms with Crippen molar-refractivity contribution < 1.29 is 22.7 Å². The summed E-state index contributed by atoms with van der Waals surface area (Å²) >= 11 is 0. The first kappa shape index (κ1) is 27.7. The van der Waals surface area contributed by atoms with Crippen LogP contribution in [0.2, 0.25) is 0 Å². The van der Waals surface area contributed by atoms with Crippen LogP contribution in [0.5, 0.6) is 5.75 Å². The molecule has 1 unspecified atom stereocenters. The van der Waals surface area contributed by atoms with E-state index in [0.717, 1.165) is 9.87 Å². The second-order valence-electron chi connectivity index (χ2n) is 8.35. The molecule has 2 amide bonds. The Balaban J connectivity index is 2.02. The molecule has 3 rings (SSSR count). The molecule has 196 valence electrons. The van der Waals surface area contributed by atoms with Gasteiger partial charge in [0, 0.05) is 13.1 Å². The molecule has 8 nitrogen and oxygen atoms in total. The maximum atomic E-state index is 13.8. The molecule has 0 saturated heterocycles. The molecule has 0 aliphatic heterocycles. The van der Waals surface area contributed by atoms with Crippen molar-refractivity contribution in [1.29, 1.82) is 0 Å². The van der Waals surface area contributed by atoms with Gasteiger partial charge < -0.3 is 15.0 Å². The number of likely N-dealkylation sites (N-methyl/N-ethyl adjacent to an activating group) is 1. The van der Waals surface area contributed by atoms with E-state index < -0.39 is 28.5 Å². The number of amides is 2. The van der Waals surface area contributed by atoms with Crippen LogP contribution < -0.4 is 14.4 Å². The predicted molar refractivity (Wildman–Crippen MR) is 144 cm³/mol. The van der Waals surface area contributed by atoms with E-state index in [9.17, 15) is 18.0 Å². The second kappa shape index (κ2) is 12.9. The van der Waals surface area contributed by atoms with Gasteiger partial charge in [0.15, 0.2) is 0 Å². The minimum absolute atomic E-state index is 0.0235. The van der Waals surface area contributed by atoms with E-state index in [1.165, 1.54) is 24.1 Å². The Morgan fingerprint density at radius 3 is 2.03 bits per heavy atom. The Morgan fingerprint density at radius 1 is 0.892 bits per heavy atom. The number of para-hydroxylation sites is 1. The van der Waals surface area contributed by atoms with Crippen LogP contribution in [-0.4, -0.2) is 51.4 Å². The first-order valence-corrected chi connectivity index (χ1v) is 13.6. The van der Waals surface area contributed by atoms with Crippen LogP contribution in [0, 0.1) is 0 Å². The van der Waals surface area contributed by atoms with Gasteiger partial charge in [-0.2, -0.15) is 0 Å². The molecule has 3 aromatic carbocycles. The van der Waals surface area contributed by atoms with Gasteiger partial charge >= 0.3 is 0 Å². The number of sulfonamides is 1. The Morgan fingerprint density at radius 2 is 1.49 bits per heavy atom. The predicted octanol–water partition coefficient (Wildman–Crippen LogP) is 3.83. The maximum Gasteiger partial charge on any atom is 0.264 e. The Hall–Kier alpha value is -3.85. The van der Waals surface area contributed by atoms with Gasteiger partial charge in [-0.15, -0.1) is 0 Å². The fourth-order valence-electron chi connectivity index (χ4n) is 3.99. The SMILES string of the molecule is CCNC(=O)C(CC)N(Cc1ccccc1)C(=O)CN(c1ccccc1)S(=O)(=O)c1ccc(OC)cc1. The zero-order valence-corrected chi connectivity index (χ0v) is 22.1. The number of nitrogens with one attached hydrogen (secondary N) is 1. The van der Waals surface area contributed by atoms with Gasteiger partial charge in [-0.3, -0.25) is 13.9 Å². The number of anilines is 1. The van der Waals surface area contributed by atoms with Crippen LogP contribution in [0.25, 0.3) is 0 Å². The molecule has 0 heterocycles. The number of carbonyl (C=O) groups is 2. The number of methoxy groups -OCH3 is 1. The van der Waals surface area contributed by atoms with E-state index in [0.29, 0.717) is 24.4 Å². The van der Waals surface area contributed by atoms with Crippen molar-refractivity contribution in [1.82, 2.24) is 10.2 Å². The fourth-order valence-corrected chi connectivity index (χ4v) is 5.40. The van der Waals surface area contributed by atoms with Gasteiger partial charge in [-0.05, 0) is 55.3 Å². The second-order valence-corrected chi connectivity index (χ2v) is 10.2. The minimum Gasteiger partial charge on any atom is -0.497 e. The van der Waals surface area contributed by atoms with Crippen molar-refractivity contribution in [2.45, 2.75) is 37.8 Å². The first-order chi connectivity index (χ1) is 17.8. The molecule has 0 aliphatic carbocycles. The quantitative estimate of drug-likeness (QED) is 0.389. The van der Waals surface area contributed by atoms with Crippen LogP contribution in [0.4, 0.5) is 5.69 Å². The standard InChI is InChI=1S/C28H33N3O5S/c1-4-26(28(33)29-5-2)30(20-22-12-8-6-9-13-22)27(32)21-31(23-14-10-7-11-15-23)37(34,35)25-18-16-24(36-3)17-19-25/h6-19,26H,4-5,20-21H2,1-3H3,(H,29,33). The van der Waals surface area contributed by atoms with Crippen molar-refractivity contribution >= 4 is 27.5 Å². The number of hydrogen-bond acceptors (Lipinski definition) is 5. The normalized spacial score (nSPS) is 11.9. The highest BCUT2D eigenvalue weighted by Crippen LogP contribution is 2.26. The van der Waals surface area contributed by atoms with Crippen molar-refractivity contribution in [2.24, 2.45) is 0 Å². The average Bonchev–Trinajstić information content (AvgIpc) is 2.92. The minimum atomic E-state index is -4.11. The summed E-state index contributed by atoms with van der Waals surface area (Å²) in [5.41, 5.74) is 1.18. The molecule has 9 heteroatoms. The third-order valence-electron chi connectivity index (χ3n) is 5.90. The summed E-state index contributed by atoms with van der Waals surface area (Å²) in [4.78, 5) is 28.2. The van der Waals surface area contributed by atoms with Crippen LogP contribution >= 0.6 is 0 Å². The molecule has 0 saturated carbocycles. The highest BCUT2D eigenvalue weighted by molar-refractivity contribution is 7.92. The van der Waals surface area contributed by atoms with E-state index >= 15 is 0 Å². The summed E-state index contributed by atoms with van der Waals surface area (Å²) in [6.45, 7) is 3.76. The molecule has 3 aromatic rings. The summed E-state index contributed by atoms with van der Waals surface area (Å²) < 4.78 is 33.8. The van der Waals surface area contributed by atoms with Crippen LogP contribution in [0.15, 0.2) is 89.8 Å². The molecule has 1 N–H and O–H groups in total. The molecule has 0 aromatic heterocycles. The third-order valence-corrected chi connectivity index (χ3v) is 7.69. The van der Waals surface area contributed by atoms with E-state index in [1.807, 2.05) is 44.2 Å². The molecule has 0 bridgehead atoms. The topological polar surface area (TPSA) is 96.0 Å². The van der Waals surface area contributed by atoms with Gasteiger partial charge in [0.25, 0.3) is 10.0 Å². The van der Waals surface area contributed by atoms with Gasteiger partial charge in [0.2, 0.25) is 11.8 Å².